The summed E-state index contributed by atoms with van der Waals surface area (Å²) in [5.41, 5.74) is 1.48. The molecule has 0 bridgehead atoms. The lowest BCUT2D eigenvalue weighted by molar-refractivity contribution is -0.155. The molecule has 1 saturated heterocycles. The van der Waals surface area contributed by atoms with Gasteiger partial charge >= 0.3 is 5.97 Å². The van der Waals surface area contributed by atoms with Gasteiger partial charge < -0.3 is 14.7 Å². The van der Waals surface area contributed by atoms with Gasteiger partial charge in [0, 0.05) is 50.7 Å². The van der Waals surface area contributed by atoms with Gasteiger partial charge in [-0.15, -0.1) is 0 Å². The van der Waals surface area contributed by atoms with Gasteiger partial charge in [-0.3, -0.25) is 14.7 Å². The van der Waals surface area contributed by atoms with Crippen LogP contribution in [0.25, 0.3) is 0 Å². The smallest absolute Gasteiger partial charge is 0.360 e. The average Bonchev–Trinajstić information content (AvgIpc) is 2.72. The molecule has 1 fully saturated rings. The van der Waals surface area contributed by atoms with E-state index < -0.39 is 12.2 Å². The molecule has 1 aromatic carbocycles. The minimum Gasteiger partial charge on any atom is -0.477 e. The molecule has 7 nitrogen and oxygen atoms in total. The van der Waals surface area contributed by atoms with Gasteiger partial charge in [0.15, 0.2) is 5.78 Å². The molecule has 0 amide bonds. The number of ether oxygens (including phenoxy) is 1. The first-order valence-electron chi connectivity index (χ1n) is 9.01. The van der Waals surface area contributed by atoms with E-state index in [4.69, 9.17) is 4.74 Å². The van der Waals surface area contributed by atoms with Crippen molar-refractivity contribution in [1.82, 2.24) is 9.88 Å². The molecule has 1 N–H and O–H groups in total. The topological polar surface area (TPSA) is 83.0 Å². The molecule has 1 aliphatic rings. The van der Waals surface area contributed by atoms with Crippen LogP contribution in [0.3, 0.4) is 0 Å². The van der Waals surface area contributed by atoms with Crippen molar-refractivity contribution >= 4 is 17.4 Å². The Morgan fingerprint density at radius 1 is 1.11 bits per heavy atom. The van der Waals surface area contributed by atoms with Crippen molar-refractivity contribution in [2.45, 2.75) is 19.6 Å². The highest BCUT2D eigenvalue weighted by atomic mass is 16.5. The quantitative estimate of drug-likeness (QED) is 0.750. The molecule has 0 radical (unpaired) electrons. The van der Waals surface area contributed by atoms with E-state index in [9.17, 15) is 14.7 Å². The molecule has 1 aromatic heterocycles. The number of nitrogens with zero attached hydrogens (tertiary/aromatic N) is 3. The van der Waals surface area contributed by atoms with Crippen molar-refractivity contribution in [3.05, 3.63) is 54.4 Å². The molecule has 0 aliphatic carbocycles. The number of aliphatic carboxylic acids is 1. The number of carbonyl (C=O) groups is 2. The number of ketones is 1. The van der Waals surface area contributed by atoms with Gasteiger partial charge in [0.2, 0.25) is 0 Å². The second-order valence-electron chi connectivity index (χ2n) is 6.31. The van der Waals surface area contributed by atoms with Crippen LogP contribution in [0.4, 0.5) is 5.69 Å². The maximum atomic E-state index is 12.1. The first-order valence-corrected chi connectivity index (χ1v) is 9.01. The predicted octanol–water partition coefficient (Wildman–Crippen LogP) is 2.29. The molecule has 2 aromatic rings. The summed E-state index contributed by atoms with van der Waals surface area (Å²) in [5.74, 6) is -0.823. The Morgan fingerprint density at radius 2 is 1.78 bits per heavy atom. The summed E-state index contributed by atoms with van der Waals surface area (Å²) in [7, 11) is 0. The SMILES string of the molecule is CCC(=O)c1ccccc1OC(C(=O)O)N1CCN(c2ccncc2)CC1. The fourth-order valence-electron chi connectivity index (χ4n) is 3.16. The zero-order chi connectivity index (χ0) is 19.2. The molecule has 7 heteroatoms. The molecule has 0 saturated carbocycles. The van der Waals surface area contributed by atoms with Gasteiger partial charge in [-0.25, -0.2) is 4.79 Å². The number of para-hydroxylation sites is 1. The van der Waals surface area contributed by atoms with Crippen LogP contribution in [0.15, 0.2) is 48.8 Å². The van der Waals surface area contributed by atoms with E-state index >= 15 is 0 Å². The zero-order valence-electron chi connectivity index (χ0n) is 15.2. The van der Waals surface area contributed by atoms with Crippen LogP contribution in [0.2, 0.25) is 0 Å². The largest absolute Gasteiger partial charge is 0.477 e. The van der Waals surface area contributed by atoms with E-state index in [2.05, 4.69) is 9.88 Å². The molecule has 1 atom stereocenters. The summed E-state index contributed by atoms with van der Waals surface area (Å²) in [6, 6.07) is 10.7. The number of aromatic nitrogens is 1. The molecule has 142 valence electrons. The van der Waals surface area contributed by atoms with Crippen LogP contribution in [0.1, 0.15) is 23.7 Å². The van der Waals surface area contributed by atoms with E-state index in [0.29, 0.717) is 43.9 Å². The number of carboxylic acid groups (broad SMARTS) is 1. The second-order valence-corrected chi connectivity index (χ2v) is 6.31. The number of pyridine rings is 1. The maximum Gasteiger partial charge on any atom is 0.360 e. The highest BCUT2D eigenvalue weighted by Gasteiger charge is 2.31. The molecule has 0 spiro atoms. The van der Waals surface area contributed by atoms with E-state index in [1.807, 2.05) is 12.1 Å². The van der Waals surface area contributed by atoms with Crippen molar-refractivity contribution in [1.29, 1.82) is 0 Å². The second kappa shape index (κ2) is 8.64. The summed E-state index contributed by atoms with van der Waals surface area (Å²) in [4.78, 5) is 31.9. The molecule has 1 aliphatic heterocycles. The van der Waals surface area contributed by atoms with E-state index in [-0.39, 0.29) is 5.78 Å². The highest BCUT2D eigenvalue weighted by Crippen LogP contribution is 2.23. The molecule has 1 unspecified atom stereocenters. The van der Waals surface area contributed by atoms with Crippen LogP contribution < -0.4 is 9.64 Å². The molecule has 3 rings (SSSR count). The van der Waals surface area contributed by atoms with Crippen molar-refractivity contribution < 1.29 is 19.4 Å². The van der Waals surface area contributed by atoms with Gasteiger partial charge in [0.1, 0.15) is 5.75 Å². The molecular formula is C20H23N3O4. The van der Waals surface area contributed by atoms with Crippen LogP contribution in [0, 0.1) is 0 Å². The van der Waals surface area contributed by atoms with Crippen molar-refractivity contribution in [3.63, 3.8) is 0 Å². The summed E-state index contributed by atoms with van der Waals surface area (Å²) in [6.07, 6.45) is 2.69. The predicted molar refractivity (Wildman–Crippen MR) is 101 cm³/mol. The summed E-state index contributed by atoms with van der Waals surface area (Å²) in [5, 5.41) is 9.68. The fraction of sp³-hybridized carbons (Fsp3) is 0.350. The lowest BCUT2D eigenvalue weighted by atomic mass is 10.1. The number of hydrogen-bond donors (Lipinski definition) is 1. The number of rotatable bonds is 7. The Hall–Kier alpha value is -2.93. The standard InChI is InChI=1S/C20H23N3O4/c1-2-17(24)16-5-3-4-6-18(16)27-19(20(25)26)23-13-11-22(12-14-23)15-7-9-21-10-8-15/h3-10,19H,2,11-14H2,1H3,(H,25,26). The summed E-state index contributed by atoms with van der Waals surface area (Å²) >= 11 is 0. The number of piperazine rings is 1. The van der Waals surface area contributed by atoms with E-state index in [1.54, 1.807) is 48.5 Å². The third-order valence-corrected chi connectivity index (χ3v) is 4.63. The first-order chi connectivity index (χ1) is 13.1. The van der Waals surface area contributed by atoms with E-state index in [1.165, 1.54) is 0 Å². The Labute approximate surface area is 158 Å². The van der Waals surface area contributed by atoms with Gasteiger partial charge in [0.25, 0.3) is 6.23 Å². The number of carboxylic acids is 1. The van der Waals surface area contributed by atoms with Crippen LogP contribution in [-0.4, -0.2) is 59.1 Å². The third kappa shape index (κ3) is 4.43. The van der Waals surface area contributed by atoms with Crippen LogP contribution >= 0.6 is 0 Å². The Morgan fingerprint density at radius 3 is 2.41 bits per heavy atom. The number of anilines is 1. The normalized spacial score (nSPS) is 16.0. The average molecular weight is 369 g/mol. The van der Waals surface area contributed by atoms with Crippen LogP contribution in [0.5, 0.6) is 5.75 Å². The number of hydrogen-bond acceptors (Lipinski definition) is 6. The molecule has 27 heavy (non-hydrogen) atoms. The van der Waals surface area contributed by atoms with Crippen molar-refractivity contribution in [2.75, 3.05) is 31.1 Å². The lowest BCUT2D eigenvalue weighted by Crippen LogP contribution is -2.54. The first kappa shape index (κ1) is 18.8. The van der Waals surface area contributed by atoms with Crippen molar-refractivity contribution in [2.24, 2.45) is 0 Å². The van der Waals surface area contributed by atoms with Crippen LogP contribution in [-0.2, 0) is 4.79 Å². The number of benzene rings is 1. The minimum atomic E-state index is -1.13. The molecule has 2 heterocycles. The third-order valence-electron chi connectivity index (χ3n) is 4.63. The fourth-order valence-corrected chi connectivity index (χ4v) is 3.16. The van der Waals surface area contributed by atoms with Gasteiger partial charge in [-0.05, 0) is 24.3 Å². The van der Waals surface area contributed by atoms with Gasteiger partial charge in [-0.1, -0.05) is 19.1 Å². The number of carbonyl (C=O) groups excluding carboxylic acids is 1. The van der Waals surface area contributed by atoms with Gasteiger partial charge in [-0.2, -0.15) is 0 Å². The molecular weight excluding hydrogens is 346 g/mol. The lowest BCUT2D eigenvalue weighted by Gasteiger charge is -2.38. The van der Waals surface area contributed by atoms with Gasteiger partial charge in [0.05, 0.1) is 5.56 Å². The highest BCUT2D eigenvalue weighted by molar-refractivity contribution is 5.98. The Balaban J connectivity index is 1.71. The summed E-state index contributed by atoms with van der Waals surface area (Å²) in [6.45, 7) is 4.23. The van der Waals surface area contributed by atoms with E-state index in [0.717, 1.165) is 5.69 Å². The Kier molecular flexibility index (Phi) is 6.03. The number of Topliss-reactive ketones (excluding diaryl/α,β-unsaturated/α-hetero) is 1. The minimum absolute atomic E-state index is 0.0720. The van der Waals surface area contributed by atoms with Crippen molar-refractivity contribution in [3.8, 4) is 5.75 Å². The Bertz CT molecular complexity index is 789. The zero-order valence-corrected chi connectivity index (χ0v) is 15.2. The maximum absolute atomic E-state index is 12.1. The summed E-state index contributed by atoms with van der Waals surface area (Å²) < 4.78 is 5.79. The monoisotopic (exact) mass is 369 g/mol.